The zero-order valence-electron chi connectivity index (χ0n) is 14.1. The molecule has 0 saturated heterocycles. The molecule has 5 heteroatoms. The van der Waals surface area contributed by atoms with Gasteiger partial charge in [0, 0.05) is 19.8 Å². The summed E-state index contributed by atoms with van der Waals surface area (Å²) in [6, 6.07) is 0. The number of ether oxygens (including phenoxy) is 1. The van der Waals surface area contributed by atoms with E-state index in [1.54, 1.807) is 0 Å². The molecule has 116 valence electrons. The third-order valence-electron chi connectivity index (χ3n) is 5.74. The van der Waals surface area contributed by atoms with Gasteiger partial charge in [-0.2, -0.15) is 0 Å². The molecule has 2 aliphatic carbocycles. The molecule has 0 spiro atoms. The van der Waals surface area contributed by atoms with Crippen molar-refractivity contribution in [3.63, 3.8) is 0 Å². The molecule has 0 aromatic carbocycles. The summed E-state index contributed by atoms with van der Waals surface area (Å²) in [6.07, 6.45) is 10.8. The average molecular weight is 326 g/mol. The minimum absolute atomic E-state index is 0.0695. The summed E-state index contributed by atoms with van der Waals surface area (Å²) in [7, 11) is 5.56. The first-order valence-corrected chi connectivity index (χ1v) is 11.4. The van der Waals surface area contributed by atoms with Crippen molar-refractivity contribution in [3.8, 4) is 0 Å². The molecular formula is C16H29BO2P2+2. The lowest BCUT2D eigenvalue weighted by molar-refractivity contribution is -0.0982. The summed E-state index contributed by atoms with van der Waals surface area (Å²) in [4.78, 5) is 0. The van der Waals surface area contributed by atoms with Crippen LogP contribution in [0.1, 0.15) is 41.0 Å². The highest BCUT2D eigenvalue weighted by Crippen LogP contribution is 2.71. The zero-order valence-corrected chi connectivity index (χ0v) is 15.9. The first-order valence-electron chi connectivity index (χ1n) is 7.80. The van der Waals surface area contributed by atoms with Crippen LogP contribution in [0, 0.1) is 11.8 Å². The molecule has 0 aliphatic heterocycles. The Morgan fingerprint density at radius 1 is 1.43 bits per heavy atom. The predicted molar refractivity (Wildman–Crippen MR) is 98.8 cm³/mol. The lowest BCUT2D eigenvalue weighted by Gasteiger charge is -2.35. The first-order chi connectivity index (χ1) is 9.49. The molecule has 7 atom stereocenters. The Balaban J connectivity index is 2.12. The molecule has 2 saturated carbocycles. The van der Waals surface area contributed by atoms with Gasteiger partial charge in [0.1, 0.15) is 13.7 Å². The van der Waals surface area contributed by atoms with Gasteiger partial charge in [-0.25, -0.2) is 0 Å². The molecule has 0 heterocycles. The van der Waals surface area contributed by atoms with Crippen molar-refractivity contribution < 1.29 is 9.84 Å². The zero-order chi connectivity index (χ0) is 16.2. The standard InChI is InChI=1S/C16H29BO2P2/c1-8-20(6)10-21(7)14(3,4)19-16-9-12(16)13(17)15(5,18)11(16)2/h11-13,18H,6-10H2,1-5H3/q+2/t11-,12+,13+,15+,16+/m0/s1. The highest BCUT2D eigenvalue weighted by molar-refractivity contribution is 7.73. The van der Waals surface area contributed by atoms with E-state index in [4.69, 9.17) is 12.6 Å². The maximum absolute atomic E-state index is 10.6. The number of hydrogen-bond acceptors (Lipinski definition) is 2. The highest BCUT2D eigenvalue weighted by Gasteiger charge is 2.74. The molecule has 0 aromatic heterocycles. The van der Waals surface area contributed by atoms with Gasteiger partial charge in [-0.3, -0.25) is 0 Å². The lowest BCUT2D eigenvalue weighted by atomic mass is 9.70. The van der Waals surface area contributed by atoms with E-state index in [9.17, 15) is 5.11 Å². The number of aliphatic hydroxyl groups is 1. The maximum atomic E-state index is 10.6. The van der Waals surface area contributed by atoms with Crippen molar-refractivity contribution in [2.45, 2.75) is 63.4 Å². The van der Waals surface area contributed by atoms with Gasteiger partial charge in [0.15, 0.2) is 7.55 Å². The van der Waals surface area contributed by atoms with Gasteiger partial charge in [-0.15, -0.1) is 0 Å². The van der Waals surface area contributed by atoms with Crippen molar-refractivity contribution in [1.29, 1.82) is 0 Å². The summed E-state index contributed by atoms with van der Waals surface area (Å²) in [6.45, 7) is 10.4. The summed E-state index contributed by atoms with van der Waals surface area (Å²) >= 11 is 0. The van der Waals surface area contributed by atoms with E-state index in [2.05, 4.69) is 40.3 Å². The Morgan fingerprint density at radius 3 is 2.43 bits per heavy atom. The number of rotatable bonds is 6. The van der Waals surface area contributed by atoms with Crippen LogP contribution in [0.3, 0.4) is 0 Å². The molecule has 2 aliphatic rings. The quantitative estimate of drug-likeness (QED) is 0.596. The second-order valence-electron chi connectivity index (χ2n) is 7.46. The summed E-state index contributed by atoms with van der Waals surface area (Å²) in [5.41, 5.74) is -1.06. The van der Waals surface area contributed by atoms with E-state index in [1.165, 1.54) is 0 Å². The van der Waals surface area contributed by atoms with Crippen molar-refractivity contribution >= 4 is 35.5 Å². The average Bonchev–Trinajstić information content (AvgIpc) is 3.07. The van der Waals surface area contributed by atoms with Crippen LogP contribution in [-0.4, -0.2) is 54.2 Å². The van der Waals surface area contributed by atoms with Crippen molar-refractivity contribution in [2.75, 3.05) is 12.1 Å². The maximum Gasteiger partial charge on any atom is 0.254 e. The van der Waals surface area contributed by atoms with Gasteiger partial charge < -0.3 is 9.84 Å². The second-order valence-corrected chi connectivity index (χ2v) is 12.7. The fourth-order valence-electron chi connectivity index (χ4n) is 3.65. The molecule has 0 aromatic rings. The Kier molecular flexibility index (Phi) is 4.59. The third-order valence-corrected chi connectivity index (χ3v) is 11.2. The van der Waals surface area contributed by atoms with E-state index >= 15 is 0 Å². The van der Waals surface area contributed by atoms with E-state index in [0.29, 0.717) is 0 Å². The monoisotopic (exact) mass is 326 g/mol. The Morgan fingerprint density at radius 2 is 2.00 bits per heavy atom. The largest absolute Gasteiger partial charge is 0.390 e. The molecule has 0 amide bonds. The van der Waals surface area contributed by atoms with Crippen LogP contribution < -0.4 is 0 Å². The molecule has 2 unspecified atom stereocenters. The van der Waals surface area contributed by atoms with Crippen LogP contribution >= 0.6 is 15.1 Å². The molecule has 1 N–H and O–H groups in total. The van der Waals surface area contributed by atoms with E-state index in [0.717, 1.165) is 18.5 Å². The van der Waals surface area contributed by atoms with Gasteiger partial charge in [0.25, 0.3) is 5.90 Å². The van der Waals surface area contributed by atoms with Crippen LogP contribution in [0.15, 0.2) is 0 Å². The van der Waals surface area contributed by atoms with E-state index in [1.807, 2.05) is 6.92 Å². The molecule has 2 fully saturated rings. The van der Waals surface area contributed by atoms with Crippen molar-refractivity contribution in [2.24, 2.45) is 11.8 Å². The normalized spacial score (nSPS) is 43.4. The Hall–Kier alpha value is 0.325. The molecule has 2 rings (SSSR count). The number of fused-ring (bicyclic) bond motifs is 1. The molecule has 0 bridgehead atoms. The second kappa shape index (κ2) is 5.45. The minimum Gasteiger partial charge on any atom is -0.390 e. The fourth-order valence-corrected chi connectivity index (χ4v) is 8.04. The van der Waals surface area contributed by atoms with Gasteiger partial charge in [-0.1, -0.05) is 6.92 Å². The smallest absolute Gasteiger partial charge is 0.254 e. The van der Waals surface area contributed by atoms with Crippen molar-refractivity contribution in [1.82, 2.24) is 0 Å². The molecule has 2 radical (unpaired) electrons. The SMILES string of the molecule is [B][C@@H]1[C@H]2C[C@@]2(OC(C)(C)[P+](=C)C[P+](=C)CC)[C@@H](C)[C@@]1(C)O. The summed E-state index contributed by atoms with van der Waals surface area (Å²) < 4.78 is 6.59. The topological polar surface area (TPSA) is 29.5 Å². The highest BCUT2D eigenvalue weighted by atomic mass is 31.2. The van der Waals surface area contributed by atoms with Gasteiger partial charge in [-0.05, 0) is 32.0 Å². The van der Waals surface area contributed by atoms with Crippen LogP contribution in [-0.2, 0) is 4.74 Å². The fraction of sp³-hybridized carbons (Fsp3) is 0.875. The van der Waals surface area contributed by atoms with Crippen LogP contribution in [0.4, 0.5) is 0 Å². The van der Waals surface area contributed by atoms with E-state index < -0.39 is 13.1 Å². The summed E-state index contributed by atoms with van der Waals surface area (Å²) in [5, 5.41) is 10.4. The Bertz CT molecular complexity index is 475. The van der Waals surface area contributed by atoms with Gasteiger partial charge in [0.2, 0.25) is 5.34 Å². The first kappa shape index (κ1) is 17.7. The summed E-state index contributed by atoms with van der Waals surface area (Å²) in [5.74, 6) is 1.27. The molecular weight excluding hydrogens is 297 g/mol. The van der Waals surface area contributed by atoms with Crippen LogP contribution in [0.2, 0.25) is 5.82 Å². The van der Waals surface area contributed by atoms with Crippen LogP contribution in [0.5, 0.6) is 0 Å². The number of hydrogen-bond donors (Lipinski definition) is 1. The minimum atomic E-state index is -0.828. The van der Waals surface area contributed by atoms with Gasteiger partial charge in [0.05, 0.1) is 31.6 Å². The lowest BCUT2D eigenvalue weighted by Crippen LogP contribution is -2.42. The predicted octanol–water partition coefficient (Wildman–Crippen LogP) is 3.66. The van der Waals surface area contributed by atoms with Gasteiger partial charge >= 0.3 is 0 Å². The van der Waals surface area contributed by atoms with Crippen molar-refractivity contribution in [3.05, 3.63) is 0 Å². The van der Waals surface area contributed by atoms with E-state index in [-0.39, 0.29) is 36.1 Å². The molecule has 21 heavy (non-hydrogen) atoms. The Labute approximate surface area is 133 Å². The van der Waals surface area contributed by atoms with Crippen LogP contribution in [0.25, 0.3) is 0 Å². The molecule has 2 nitrogen and oxygen atoms in total. The third kappa shape index (κ3) is 2.81.